The maximum Gasteiger partial charge on any atom is 0.241 e. The zero-order chi connectivity index (χ0) is 19.9. The molecule has 0 aliphatic heterocycles. The second-order valence-corrected chi connectivity index (χ2v) is 8.85. The van der Waals surface area contributed by atoms with Crippen LogP contribution in [0.5, 0.6) is 5.75 Å². The molecule has 8 heteroatoms. The van der Waals surface area contributed by atoms with Gasteiger partial charge in [-0.25, -0.2) is 8.42 Å². The molecular weight excluding hydrogens is 384 g/mol. The van der Waals surface area contributed by atoms with Crippen LogP contribution in [0.25, 0.3) is 0 Å². The molecule has 2 aromatic rings. The zero-order valence-electron chi connectivity index (χ0n) is 15.6. The van der Waals surface area contributed by atoms with Crippen molar-refractivity contribution in [1.82, 2.24) is 10.0 Å². The van der Waals surface area contributed by atoms with Crippen molar-refractivity contribution >= 4 is 27.7 Å². The third-order valence-electron chi connectivity index (χ3n) is 3.79. The van der Waals surface area contributed by atoms with E-state index >= 15 is 0 Å². The molecule has 1 atom stereocenters. The fourth-order valence-corrected chi connectivity index (χ4v) is 4.21. The number of sulfonamides is 1. The Kier molecular flexibility index (Phi) is 7.70. The van der Waals surface area contributed by atoms with Crippen molar-refractivity contribution in [2.45, 2.75) is 29.7 Å². The van der Waals surface area contributed by atoms with E-state index in [4.69, 9.17) is 4.74 Å². The number of hydrogen-bond donors (Lipinski definition) is 2. The van der Waals surface area contributed by atoms with Crippen LogP contribution in [0.15, 0.2) is 58.3 Å². The molecule has 146 valence electrons. The number of amides is 1. The Balaban J connectivity index is 1.80. The summed E-state index contributed by atoms with van der Waals surface area (Å²) in [7, 11) is -2.27. The first-order valence-corrected chi connectivity index (χ1v) is 10.9. The number of rotatable bonds is 9. The molecule has 0 aliphatic rings. The topological polar surface area (TPSA) is 84.5 Å². The second kappa shape index (κ2) is 9.77. The molecular formula is C19H24N2O4S2. The monoisotopic (exact) mass is 408 g/mol. The van der Waals surface area contributed by atoms with Crippen molar-refractivity contribution in [2.24, 2.45) is 0 Å². The maximum atomic E-state index is 12.4. The molecule has 2 rings (SSSR count). The third kappa shape index (κ3) is 6.57. The van der Waals surface area contributed by atoms with Gasteiger partial charge in [0.15, 0.2) is 0 Å². The molecule has 1 amide bonds. The fraction of sp³-hybridized carbons (Fsp3) is 0.316. The van der Waals surface area contributed by atoms with Crippen molar-refractivity contribution < 1.29 is 17.9 Å². The van der Waals surface area contributed by atoms with Crippen molar-refractivity contribution in [3.8, 4) is 5.75 Å². The van der Waals surface area contributed by atoms with Crippen LogP contribution in [0, 0.1) is 6.92 Å². The lowest BCUT2D eigenvalue weighted by Crippen LogP contribution is -2.45. The predicted octanol–water partition coefficient (Wildman–Crippen LogP) is 2.58. The molecule has 0 aromatic heterocycles. The Bertz CT molecular complexity index is 850. The fourth-order valence-electron chi connectivity index (χ4n) is 2.24. The van der Waals surface area contributed by atoms with E-state index in [9.17, 15) is 13.2 Å². The number of carbonyl (C=O) groups is 1. The molecule has 0 saturated carbocycles. The summed E-state index contributed by atoms with van der Waals surface area (Å²) in [6, 6.07) is 13.3. The average Bonchev–Trinajstić information content (AvgIpc) is 2.66. The van der Waals surface area contributed by atoms with Crippen molar-refractivity contribution in [1.29, 1.82) is 0 Å². The van der Waals surface area contributed by atoms with E-state index in [0.717, 1.165) is 4.90 Å². The largest absolute Gasteiger partial charge is 0.497 e. The Hall–Kier alpha value is -2.03. The van der Waals surface area contributed by atoms with E-state index in [0.29, 0.717) is 18.0 Å². The first kappa shape index (κ1) is 21.3. The van der Waals surface area contributed by atoms with Gasteiger partial charge in [0.1, 0.15) is 5.75 Å². The predicted molar refractivity (Wildman–Crippen MR) is 108 cm³/mol. The van der Waals surface area contributed by atoms with Gasteiger partial charge in [-0.2, -0.15) is 4.72 Å². The molecule has 0 aliphatic carbocycles. The van der Waals surface area contributed by atoms with Crippen LogP contribution in [0.1, 0.15) is 12.5 Å². The Morgan fingerprint density at radius 2 is 1.74 bits per heavy atom. The molecule has 2 aromatic carbocycles. The summed E-state index contributed by atoms with van der Waals surface area (Å²) in [4.78, 5) is 13.4. The minimum atomic E-state index is -3.78. The van der Waals surface area contributed by atoms with Crippen LogP contribution in [0.2, 0.25) is 0 Å². The van der Waals surface area contributed by atoms with Crippen LogP contribution in [-0.4, -0.2) is 39.8 Å². The molecule has 0 fully saturated rings. The van der Waals surface area contributed by atoms with Crippen molar-refractivity contribution in [3.05, 3.63) is 54.1 Å². The normalized spacial score (nSPS) is 12.4. The van der Waals surface area contributed by atoms with Gasteiger partial charge in [-0.15, -0.1) is 11.8 Å². The number of methoxy groups -OCH3 is 1. The Morgan fingerprint density at radius 1 is 1.11 bits per heavy atom. The highest BCUT2D eigenvalue weighted by atomic mass is 32.2. The van der Waals surface area contributed by atoms with Crippen LogP contribution in [-0.2, 0) is 14.8 Å². The SMILES string of the molecule is COc1ccc(S(=O)(=O)N[C@@H](C)C(=O)NCCSc2ccc(C)cc2)cc1. The Labute approximate surface area is 164 Å². The summed E-state index contributed by atoms with van der Waals surface area (Å²) in [5.74, 6) is 0.898. The highest BCUT2D eigenvalue weighted by Gasteiger charge is 2.21. The van der Waals surface area contributed by atoms with Gasteiger partial charge in [0.05, 0.1) is 18.0 Å². The summed E-state index contributed by atoms with van der Waals surface area (Å²) < 4.78 is 32.1. The number of thioether (sulfide) groups is 1. The standard InChI is InChI=1S/C19H24N2O4S2/c1-14-4-8-17(9-5-14)26-13-12-20-19(22)15(2)21-27(23,24)18-10-6-16(25-3)7-11-18/h4-11,15,21H,12-13H2,1-3H3,(H,20,22)/t15-/m0/s1. The molecule has 0 saturated heterocycles. The second-order valence-electron chi connectivity index (χ2n) is 5.97. The first-order valence-electron chi connectivity index (χ1n) is 8.45. The van der Waals surface area contributed by atoms with E-state index in [1.54, 1.807) is 23.9 Å². The summed E-state index contributed by atoms with van der Waals surface area (Å²) in [6.07, 6.45) is 0. The van der Waals surface area contributed by atoms with Gasteiger partial charge in [-0.3, -0.25) is 4.79 Å². The molecule has 0 unspecified atom stereocenters. The Morgan fingerprint density at radius 3 is 2.33 bits per heavy atom. The van der Waals surface area contributed by atoms with Crippen molar-refractivity contribution in [2.75, 3.05) is 19.4 Å². The molecule has 0 radical (unpaired) electrons. The number of benzene rings is 2. The van der Waals surface area contributed by atoms with Gasteiger partial charge in [-0.1, -0.05) is 17.7 Å². The van der Waals surface area contributed by atoms with Crippen LogP contribution in [0.4, 0.5) is 0 Å². The lowest BCUT2D eigenvalue weighted by molar-refractivity contribution is -0.122. The van der Waals surface area contributed by atoms with E-state index < -0.39 is 16.1 Å². The molecule has 0 spiro atoms. The smallest absolute Gasteiger partial charge is 0.241 e. The third-order valence-corrected chi connectivity index (χ3v) is 6.36. The number of aryl methyl sites for hydroxylation is 1. The molecule has 6 nitrogen and oxygen atoms in total. The lowest BCUT2D eigenvalue weighted by atomic mass is 10.2. The van der Waals surface area contributed by atoms with E-state index in [-0.39, 0.29) is 10.8 Å². The van der Waals surface area contributed by atoms with Crippen LogP contribution >= 0.6 is 11.8 Å². The van der Waals surface area contributed by atoms with Gasteiger partial charge < -0.3 is 10.1 Å². The van der Waals surface area contributed by atoms with E-state index in [2.05, 4.69) is 10.0 Å². The molecule has 27 heavy (non-hydrogen) atoms. The minimum absolute atomic E-state index is 0.0814. The van der Waals surface area contributed by atoms with Gasteiger partial charge >= 0.3 is 0 Å². The summed E-state index contributed by atoms with van der Waals surface area (Å²) in [5.41, 5.74) is 1.20. The van der Waals surface area contributed by atoms with E-state index in [1.165, 1.54) is 31.7 Å². The quantitative estimate of drug-likeness (QED) is 0.492. The highest BCUT2D eigenvalue weighted by Crippen LogP contribution is 2.17. The minimum Gasteiger partial charge on any atom is -0.497 e. The van der Waals surface area contributed by atoms with Crippen LogP contribution in [0.3, 0.4) is 0 Å². The number of hydrogen-bond acceptors (Lipinski definition) is 5. The van der Waals surface area contributed by atoms with Gasteiger partial charge in [-0.05, 0) is 50.2 Å². The van der Waals surface area contributed by atoms with Crippen LogP contribution < -0.4 is 14.8 Å². The van der Waals surface area contributed by atoms with Crippen molar-refractivity contribution in [3.63, 3.8) is 0 Å². The lowest BCUT2D eigenvalue weighted by Gasteiger charge is -2.14. The zero-order valence-corrected chi connectivity index (χ0v) is 17.2. The van der Waals surface area contributed by atoms with Gasteiger partial charge in [0, 0.05) is 17.2 Å². The van der Waals surface area contributed by atoms with Gasteiger partial charge in [0.25, 0.3) is 0 Å². The van der Waals surface area contributed by atoms with E-state index in [1.807, 2.05) is 31.2 Å². The molecule has 0 bridgehead atoms. The summed E-state index contributed by atoms with van der Waals surface area (Å²) in [5, 5.41) is 2.75. The first-order chi connectivity index (χ1) is 12.8. The molecule has 0 heterocycles. The average molecular weight is 409 g/mol. The number of ether oxygens (including phenoxy) is 1. The summed E-state index contributed by atoms with van der Waals surface area (Å²) >= 11 is 1.63. The number of carbonyl (C=O) groups excluding carboxylic acids is 1. The molecule has 2 N–H and O–H groups in total. The number of nitrogens with one attached hydrogen (secondary N) is 2. The maximum absolute atomic E-state index is 12.4. The summed E-state index contributed by atoms with van der Waals surface area (Å²) in [6.45, 7) is 4.00. The highest BCUT2D eigenvalue weighted by molar-refractivity contribution is 7.99. The van der Waals surface area contributed by atoms with Gasteiger partial charge in [0.2, 0.25) is 15.9 Å².